The summed E-state index contributed by atoms with van der Waals surface area (Å²) in [6.07, 6.45) is 0.713. The molecule has 1 aliphatic heterocycles. The smallest absolute Gasteiger partial charge is 0.290 e. The Morgan fingerprint density at radius 1 is 1.15 bits per heavy atom. The predicted molar refractivity (Wildman–Crippen MR) is 105 cm³/mol. The van der Waals surface area contributed by atoms with Gasteiger partial charge < -0.3 is 14.9 Å². The molecular formula is C21H32N2O4. The molecular weight excluding hydrogens is 344 g/mol. The van der Waals surface area contributed by atoms with Crippen molar-refractivity contribution in [3.63, 3.8) is 0 Å². The Morgan fingerprint density at radius 3 is 2.15 bits per heavy atom. The second-order valence-electron chi connectivity index (χ2n) is 7.52. The summed E-state index contributed by atoms with van der Waals surface area (Å²) in [5.74, 6) is 0.998. The molecule has 2 rings (SSSR count). The van der Waals surface area contributed by atoms with Crippen molar-refractivity contribution in [2.75, 3.05) is 13.1 Å². The Labute approximate surface area is 162 Å². The van der Waals surface area contributed by atoms with Crippen molar-refractivity contribution in [1.29, 1.82) is 0 Å². The number of hydrogen-bond donors (Lipinski definition) is 1. The highest BCUT2D eigenvalue weighted by molar-refractivity contribution is 5.94. The number of piperazine rings is 1. The summed E-state index contributed by atoms with van der Waals surface area (Å²) in [6, 6.07) is 8.05. The molecule has 6 nitrogen and oxygen atoms in total. The Hall–Kier alpha value is -2.37. The van der Waals surface area contributed by atoms with E-state index in [2.05, 4.69) is 52.0 Å². The topological polar surface area (TPSA) is 77.9 Å². The maximum Gasteiger partial charge on any atom is 0.290 e. The van der Waals surface area contributed by atoms with Gasteiger partial charge in [-0.1, -0.05) is 52.0 Å². The van der Waals surface area contributed by atoms with E-state index in [0.29, 0.717) is 31.3 Å². The predicted octanol–water partition coefficient (Wildman–Crippen LogP) is 3.12. The number of rotatable bonds is 6. The molecule has 1 fully saturated rings. The minimum atomic E-state index is -0.337. The van der Waals surface area contributed by atoms with Gasteiger partial charge in [0, 0.05) is 13.1 Å². The molecule has 0 aliphatic carbocycles. The van der Waals surface area contributed by atoms with E-state index in [4.69, 9.17) is 9.90 Å². The van der Waals surface area contributed by atoms with Gasteiger partial charge >= 0.3 is 0 Å². The third kappa shape index (κ3) is 6.38. The van der Waals surface area contributed by atoms with Crippen molar-refractivity contribution in [2.24, 2.45) is 5.92 Å². The van der Waals surface area contributed by atoms with Crippen molar-refractivity contribution in [3.8, 4) is 0 Å². The molecule has 0 unspecified atom stereocenters. The molecule has 1 heterocycles. The summed E-state index contributed by atoms with van der Waals surface area (Å²) in [7, 11) is 0. The van der Waals surface area contributed by atoms with Crippen LogP contribution in [-0.2, 0) is 20.9 Å². The SMILES string of the molecule is CCN1CC(=O)N(Cc2ccc(C(C)C)cc2)[C@@H](CC(C)C)C1=O.O=CO. The Bertz CT molecular complexity index is 626. The molecule has 27 heavy (non-hydrogen) atoms. The molecule has 1 aliphatic rings. The van der Waals surface area contributed by atoms with Crippen LogP contribution in [0.3, 0.4) is 0 Å². The van der Waals surface area contributed by atoms with Gasteiger partial charge in [0.1, 0.15) is 6.04 Å². The number of hydrogen-bond acceptors (Lipinski definition) is 3. The van der Waals surface area contributed by atoms with Crippen LogP contribution in [0.15, 0.2) is 24.3 Å². The first-order chi connectivity index (χ1) is 12.7. The van der Waals surface area contributed by atoms with Gasteiger partial charge in [-0.15, -0.1) is 0 Å². The second kappa shape index (κ2) is 10.7. The van der Waals surface area contributed by atoms with Crippen LogP contribution in [0.1, 0.15) is 58.1 Å². The standard InChI is InChI=1S/C20H30N2O2.CH2O2/c1-6-21-13-19(23)22(18(20(21)24)11-14(2)3)12-16-7-9-17(10-8-16)15(4)5;2-1-3/h7-10,14-15,18H,6,11-13H2,1-5H3;1H,(H,2,3)/t18-;/m0./s1. The average Bonchev–Trinajstić information content (AvgIpc) is 2.61. The summed E-state index contributed by atoms with van der Waals surface area (Å²) < 4.78 is 0. The fraction of sp³-hybridized carbons (Fsp3) is 0.571. The zero-order valence-electron chi connectivity index (χ0n) is 17.0. The van der Waals surface area contributed by atoms with Crippen molar-refractivity contribution < 1.29 is 19.5 Å². The number of carboxylic acid groups (broad SMARTS) is 1. The van der Waals surface area contributed by atoms with Gasteiger partial charge in [-0.3, -0.25) is 14.4 Å². The highest BCUT2D eigenvalue weighted by Crippen LogP contribution is 2.23. The van der Waals surface area contributed by atoms with E-state index in [-0.39, 0.29) is 30.9 Å². The first kappa shape index (κ1) is 22.7. The van der Waals surface area contributed by atoms with Crippen LogP contribution in [0.2, 0.25) is 0 Å². The molecule has 0 radical (unpaired) electrons. The van der Waals surface area contributed by atoms with Crippen molar-refractivity contribution >= 4 is 18.3 Å². The molecule has 1 aromatic rings. The summed E-state index contributed by atoms with van der Waals surface area (Å²) in [5.41, 5.74) is 2.37. The Balaban J connectivity index is 0.00000114. The van der Waals surface area contributed by atoms with Gasteiger partial charge in [0.05, 0.1) is 6.54 Å². The lowest BCUT2D eigenvalue weighted by Gasteiger charge is -2.40. The average molecular weight is 376 g/mol. The van der Waals surface area contributed by atoms with Crippen LogP contribution < -0.4 is 0 Å². The third-order valence-electron chi connectivity index (χ3n) is 4.70. The largest absolute Gasteiger partial charge is 0.483 e. The lowest BCUT2D eigenvalue weighted by Crippen LogP contribution is -2.59. The molecule has 2 amide bonds. The van der Waals surface area contributed by atoms with Gasteiger partial charge in [0.15, 0.2) is 0 Å². The summed E-state index contributed by atoms with van der Waals surface area (Å²) in [5, 5.41) is 6.89. The van der Waals surface area contributed by atoms with Gasteiger partial charge in [0.25, 0.3) is 6.47 Å². The van der Waals surface area contributed by atoms with E-state index in [1.54, 1.807) is 9.80 Å². The lowest BCUT2D eigenvalue weighted by atomic mass is 9.97. The van der Waals surface area contributed by atoms with Gasteiger partial charge in [-0.25, -0.2) is 0 Å². The van der Waals surface area contributed by atoms with E-state index < -0.39 is 0 Å². The normalized spacial score (nSPS) is 17.2. The minimum Gasteiger partial charge on any atom is -0.483 e. The number of amides is 2. The summed E-state index contributed by atoms with van der Waals surface area (Å²) in [6.45, 7) is 11.5. The molecule has 0 saturated carbocycles. The molecule has 0 spiro atoms. The highest BCUT2D eigenvalue weighted by Gasteiger charge is 2.38. The maximum atomic E-state index is 12.7. The van der Waals surface area contributed by atoms with Gasteiger partial charge in [-0.2, -0.15) is 0 Å². The zero-order valence-corrected chi connectivity index (χ0v) is 17.0. The number of benzene rings is 1. The summed E-state index contributed by atoms with van der Waals surface area (Å²) in [4.78, 5) is 37.1. The number of carbonyl (C=O) groups excluding carboxylic acids is 2. The molecule has 0 bridgehead atoms. The first-order valence-electron chi connectivity index (χ1n) is 9.50. The van der Waals surface area contributed by atoms with Crippen LogP contribution in [0.25, 0.3) is 0 Å². The zero-order chi connectivity index (χ0) is 20.6. The fourth-order valence-corrected chi connectivity index (χ4v) is 3.20. The third-order valence-corrected chi connectivity index (χ3v) is 4.70. The molecule has 1 aromatic carbocycles. The van der Waals surface area contributed by atoms with Gasteiger partial charge in [0.2, 0.25) is 11.8 Å². The van der Waals surface area contributed by atoms with Gasteiger partial charge in [-0.05, 0) is 36.3 Å². The van der Waals surface area contributed by atoms with Crippen molar-refractivity contribution in [1.82, 2.24) is 9.80 Å². The molecule has 1 saturated heterocycles. The van der Waals surface area contributed by atoms with Crippen LogP contribution in [0.5, 0.6) is 0 Å². The van der Waals surface area contributed by atoms with E-state index in [9.17, 15) is 9.59 Å². The number of likely N-dealkylation sites (N-methyl/N-ethyl adjacent to an activating group) is 1. The molecule has 1 N–H and O–H groups in total. The van der Waals surface area contributed by atoms with Crippen LogP contribution >= 0.6 is 0 Å². The second-order valence-corrected chi connectivity index (χ2v) is 7.52. The van der Waals surface area contributed by atoms with E-state index >= 15 is 0 Å². The Morgan fingerprint density at radius 2 is 1.70 bits per heavy atom. The number of nitrogens with zero attached hydrogens (tertiary/aromatic N) is 2. The van der Waals surface area contributed by atoms with E-state index in [1.165, 1.54) is 5.56 Å². The van der Waals surface area contributed by atoms with Crippen molar-refractivity contribution in [2.45, 2.75) is 59.5 Å². The quantitative estimate of drug-likeness (QED) is 0.774. The Kier molecular flexibility index (Phi) is 8.98. The highest BCUT2D eigenvalue weighted by atomic mass is 16.3. The van der Waals surface area contributed by atoms with Crippen LogP contribution in [0, 0.1) is 5.92 Å². The first-order valence-corrected chi connectivity index (χ1v) is 9.50. The molecule has 6 heteroatoms. The number of carbonyl (C=O) groups is 3. The molecule has 150 valence electrons. The summed E-state index contributed by atoms with van der Waals surface area (Å²) >= 11 is 0. The maximum absolute atomic E-state index is 12.7. The monoisotopic (exact) mass is 376 g/mol. The van der Waals surface area contributed by atoms with E-state index in [1.807, 2.05) is 6.92 Å². The van der Waals surface area contributed by atoms with E-state index in [0.717, 1.165) is 5.56 Å². The lowest BCUT2D eigenvalue weighted by molar-refractivity contribution is -0.157. The van der Waals surface area contributed by atoms with Crippen molar-refractivity contribution in [3.05, 3.63) is 35.4 Å². The minimum absolute atomic E-state index is 0.0510. The molecule has 1 atom stereocenters. The van der Waals surface area contributed by atoms with Crippen LogP contribution in [0.4, 0.5) is 0 Å². The fourth-order valence-electron chi connectivity index (χ4n) is 3.20. The molecule has 0 aromatic heterocycles. The van der Waals surface area contributed by atoms with Crippen LogP contribution in [-0.4, -0.2) is 52.3 Å².